The molecule has 0 aliphatic carbocycles. The Morgan fingerprint density at radius 3 is 2.82 bits per heavy atom. The summed E-state index contributed by atoms with van der Waals surface area (Å²) in [7, 11) is 1.57. The van der Waals surface area contributed by atoms with Crippen molar-refractivity contribution in [3.05, 3.63) is 29.8 Å². The SMILES string of the molecule is COc1cccc(C(=O)Br)c1. The molecule has 0 aliphatic rings. The molecule has 0 heterocycles. The Morgan fingerprint density at radius 1 is 1.55 bits per heavy atom. The molecular formula is C8H7BrO2. The average molecular weight is 215 g/mol. The highest BCUT2D eigenvalue weighted by Gasteiger charge is 2.00. The third kappa shape index (κ3) is 2.05. The third-order valence-corrected chi connectivity index (χ3v) is 1.75. The summed E-state index contributed by atoms with van der Waals surface area (Å²) in [5.41, 5.74) is 0.601. The van der Waals surface area contributed by atoms with E-state index in [1.165, 1.54) is 0 Å². The zero-order valence-corrected chi connectivity index (χ0v) is 7.59. The van der Waals surface area contributed by atoms with Gasteiger partial charge in [0.15, 0.2) is 0 Å². The number of halogens is 1. The van der Waals surface area contributed by atoms with Gasteiger partial charge in [-0.05, 0) is 28.1 Å². The second-order valence-corrected chi connectivity index (χ2v) is 2.73. The van der Waals surface area contributed by atoms with Crippen LogP contribution in [0.4, 0.5) is 0 Å². The monoisotopic (exact) mass is 214 g/mol. The van der Waals surface area contributed by atoms with E-state index in [0.717, 1.165) is 0 Å². The van der Waals surface area contributed by atoms with Gasteiger partial charge in [-0.3, -0.25) is 4.79 Å². The zero-order chi connectivity index (χ0) is 8.27. The van der Waals surface area contributed by atoms with E-state index >= 15 is 0 Å². The summed E-state index contributed by atoms with van der Waals surface area (Å²) in [4.78, 5) is 10.8. The molecular weight excluding hydrogens is 208 g/mol. The Morgan fingerprint density at radius 2 is 2.27 bits per heavy atom. The van der Waals surface area contributed by atoms with Crippen LogP contribution in [0, 0.1) is 0 Å². The quantitative estimate of drug-likeness (QED) is 0.707. The van der Waals surface area contributed by atoms with Crippen molar-refractivity contribution in [2.24, 2.45) is 0 Å². The highest BCUT2D eigenvalue weighted by Crippen LogP contribution is 2.14. The second-order valence-electron chi connectivity index (χ2n) is 2.01. The molecule has 11 heavy (non-hydrogen) atoms. The molecule has 0 N–H and O–H groups in total. The van der Waals surface area contributed by atoms with E-state index < -0.39 is 0 Å². The lowest BCUT2D eigenvalue weighted by atomic mass is 10.2. The van der Waals surface area contributed by atoms with E-state index in [2.05, 4.69) is 15.9 Å². The zero-order valence-electron chi connectivity index (χ0n) is 6.00. The molecule has 0 spiro atoms. The summed E-state index contributed by atoms with van der Waals surface area (Å²) in [5.74, 6) is 0.690. The number of methoxy groups -OCH3 is 1. The van der Waals surface area contributed by atoms with Gasteiger partial charge in [-0.1, -0.05) is 12.1 Å². The lowest BCUT2D eigenvalue weighted by molar-refractivity contribution is 0.109. The number of rotatable bonds is 2. The molecule has 2 nitrogen and oxygen atoms in total. The number of carbonyl (C=O) groups is 1. The van der Waals surface area contributed by atoms with Gasteiger partial charge < -0.3 is 4.74 Å². The summed E-state index contributed by atoms with van der Waals surface area (Å²) in [6.45, 7) is 0. The Balaban J connectivity index is 3.01. The van der Waals surface area contributed by atoms with Crippen LogP contribution in [0.2, 0.25) is 0 Å². The van der Waals surface area contributed by atoms with E-state index in [1.54, 1.807) is 31.4 Å². The maximum Gasteiger partial charge on any atom is 0.228 e. The highest BCUT2D eigenvalue weighted by atomic mass is 79.9. The van der Waals surface area contributed by atoms with Crippen molar-refractivity contribution in [2.75, 3.05) is 7.11 Å². The van der Waals surface area contributed by atoms with Gasteiger partial charge in [-0.15, -0.1) is 0 Å². The van der Waals surface area contributed by atoms with Crippen molar-refractivity contribution >= 4 is 20.6 Å². The van der Waals surface area contributed by atoms with Gasteiger partial charge in [0.1, 0.15) is 5.75 Å². The first-order chi connectivity index (χ1) is 5.24. The standard InChI is InChI=1S/C8H7BrO2/c1-11-7-4-2-3-6(5-7)8(9)10/h2-5H,1H3. The van der Waals surface area contributed by atoms with Crippen LogP contribution in [0.15, 0.2) is 24.3 Å². The van der Waals surface area contributed by atoms with Gasteiger partial charge in [0, 0.05) is 5.56 Å². The molecule has 3 heteroatoms. The summed E-state index contributed by atoms with van der Waals surface area (Å²) in [6.07, 6.45) is 0. The highest BCUT2D eigenvalue weighted by molar-refractivity contribution is 9.18. The fourth-order valence-corrected chi connectivity index (χ4v) is 0.992. The summed E-state index contributed by atoms with van der Waals surface area (Å²) in [6, 6.07) is 6.96. The topological polar surface area (TPSA) is 26.3 Å². The fourth-order valence-electron chi connectivity index (χ4n) is 0.745. The van der Waals surface area contributed by atoms with Gasteiger partial charge in [0.05, 0.1) is 7.11 Å². The van der Waals surface area contributed by atoms with Crippen molar-refractivity contribution < 1.29 is 9.53 Å². The van der Waals surface area contributed by atoms with Crippen LogP contribution in [0.25, 0.3) is 0 Å². The minimum atomic E-state index is -0.128. The van der Waals surface area contributed by atoms with E-state index in [4.69, 9.17) is 4.74 Å². The first kappa shape index (κ1) is 8.27. The smallest absolute Gasteiger partial charge is 0.228 e. The molecule has 1 aromatic rings. The Kier molecular flexibility index (Phi) is 2.65. The number of hydrogen-bond acceptors (Lipinski definition) is 2. The summed E-state index contributed by atoms with van der Waals surface area (Å²) < 4.78 is 4.80. The predicted molar refractivity (Wildman–Crippen MR) is 46.3 cm³/mol. The van der Waals surface area contributed by atoms with Crippen molar-refractivity contribution in [3.8, 4) is 5.75 Å². The van der Waals surface area contributed by atoms with Crippen molar-refractivity contribution in [1.82, 2.24) is 0 Å². The lowest BCUT2D eigenvalue weighted by Crippen LogP contribution is -1.89. The van der Waals surface area contributed by atoms with E-state index in [-0.39, 0.29) is 4.69 Å². The van der Waals surface area contributed by atoms with Crippen molar-refractivity contribution in [2.45, 2.75) is 0 Å². The average Bonchev–Trinajstić information content (AvgIpc) is 2.05. The largest absolute Gasteiger partial charge is 0.497 e. The number of benzene rings is 1. The van der Waals surface area contributed by atoms with Crippen LogP contribution in [-0.4, -0.2) is 11.8 Å². The van der Waals surface area contributed by atoms with Crippen molar-refractivity contribution in [1.29, 1.82) is 0 Å². The molecule has 0 aliphatic heterocycles. The van der Waals surface area contributed by atoms with Crippen LogP contribution in [-0.2, 0) is 0 Å². The van der Waals surface area contributed by atoms with E-state index in [0.29, 0.717) is 11.3 Å². The maximum atomic E-state index is 10.8. The number of ether oxygens (including phenoxy) is 1. The fraction of sp³-hybridized carbons (Fsp3) is 0.125. The molecule has 0 bridgehead atoms. The van der Waals surface area contributed by atoms with Gasteiger partial charge in [-0.2, -0.15) is 0 Å². The predicted octanol–water partition coefficient (Wildman–Crippen LogP) is 2.23. The molecule has 58 valence electrons. The molecule has 0 unspecified atom stereocenters. The number of hydrogen-bond donors (Lipinski definition) is 0. The Hall–Kier alpha value is -0.830. The van der Waals surface area contributed by atoms with Gasteiger partial charge >= 0.3 is 0 Å². The maximum absolute atomic E-state index is 10.8. The normalized spacial score (nSPS) is 9.27. The van der Waals surface area contributed by atoms with Crippen LogP contribution in [0.3, 0.4) is 0 Å². The molecule has 1 rings (SSSR count). The van der Waals surface area contributed by atoms with Crippen LogP contribution >= 0.6 is 15.9 Å². The Bertz CT molecular complexity index is 271. The van der Waals surface area contributed by atoms with Crippen LogP contribution < -0.4 is 4.74 Å². The minimum absolute atomic E-state index is 0.128. The molecule has 0 saturated carbocycles. The van der Waals surface area contributed by atoms with Gasteiger partial charge in [-0.25, -0.2) is 0 Å². The van der Waals surface area contributed by atoms with Gasteiger partial charge in [0.2, 0.25) is 4.69 Å². The van der Waals surface area contributed by atoms with Crippen LogP contribution in [0.5, 0.6) is 5.75 Å². The molecule has 0 radical (unpaired) electrons. The molecule has 0 atom stereocenters. The third-order valence-electron chi connectivity index (χ3n) is 1.30. The molecule has 0 aromatic heterocycles. The van der Waals surface area contributed by atoms with E-state index in [9.17, 15) is 4.79 Å². The first-order valence-corrected chi connectivity index (χ1v) is 3.87. The summed E-state index contributed by atoms with van der Waals surface area (Å²) >= 11 is 2.85. The van der Waals surface area contributed by atoms with Crippen LogP contribution in [0.1, 0.15) is 10.4 Å². The molecule has 0 saturated heterocycles. The summed E-state index contributed by atoms with van der Waals surface area (Å²) in [5, 5.41) is 0. The number of carbonyl (C=O) groups excluding carboxylic acids is 1. The first-order valence-electron chi connectivity index (χ1n) is 3.08. The van der Waals surface area contributed by atoms with Gasteiger partial charge in [0.25, 0.3) is 0 Å². The lowest BCUT2D eigenvalue weighted by Gasteiger charge is -1.99. The molecule has 0 amide bonds. The van der Waals surface area contributed by atoms with E-state index in [1.807, 2.05) is 0 Å². The molecule has 1 aromatic carbocycles. The second kappa shape index (κ2) is 3.53. The Labute approximate surface area is 73.3 Å². The van der Waals surface area contributed by atoms with Crippen molar-refractivity contribution in [3.63, 3.8) is 0 Å². The minimum Gasteiger partial charge on any atom is -0.497 e. The molecule has 0 fully saturated rings.